The van der Waals surface area contributed by atoms with Crippen molar-refractivity contribution in [2.45, 2.75) is 32.2 Å². The van der Waals surface area contributed by atoms with Gasteiger partial charge in [0.25, 0.3) is 0 Å². The molecule has 0 spiro atoms. The van der Waals surface area contributed by atoms with Crippen LogP contribution in [-0.2, 0) is 24.2 Å². The molecule has 2 aromatic heterocycles. The number of anilines is 1. The standard InChI is InChI=1S/C23H24N6O/c24-15-18-19-8-4-5-9-29(19)22-21(18)25-16-26-23(22)28-12-10-27(11-13-28)20(30)14-17-6-2-1-3-7-17/h1-3,6-7,16H,4-5,8-14H2. The first-order chi connectivity index (χ1) is 14.8. The Morgan fingerprint density at radius 2 is 1.83 bits per heavy atom. The lowest BCUT2D eigenvalue weighted by Gasteiger charge is -2.36. The van der Waals surface area contributed by atoms with E-state index in [1.54, 1.807) is 6.33 Å². The van der Waals surface area contributed by atoms with Gasteiger partial charge in [0, 0.05) is 38.4 Å². The van der Waals surface area contributed by atoms with Crippen LogP contribution in [0.15, 0.2) is 36.7 Å². The number of fused-ring (bicyclic) bond motifs is 3. The average molecular weight is 400 g/mol. The number of piperazine rings is 1. The number of rotatable bonds is 3. The Labute approximate surface area is 175 Å². The third-order valence-electron chi connectivity index (χ3n) is 6.21. The van der Waals surface area contributed by atoms with E-state index in [4.69, 9.17) is 0 Å². The van der Waals surface area contributed by atoms with Gasteiger partial charge in [0.1, 0.15) is 23.4 Å². The van der Waals surface area contributed by atoms with Crippen molar-refractivity contribution in [3.05, 3.63) is 53.5 Å². The Morgan fingerprint density at radius 1 is 1.03 bits per heavy atom. The number of nitrogens with zero attached hydrogens (tertiary/aromatic N) is 6. The Hall–Kier alpha value is -3.40. The van der Waals surface area contributed by atoms with Gasteiger partial charge < -0.3 is 14.4 Å². The fraction of sp³-hybridized carbons (Fsp3) is 0.391. The summed E-state index contributed by atoms with van der Waals surface area (Å²) in [5.74, 6) is 1.06. The molecule has 7 heteroatoms. The lowest BCUT2D eigenvalue weighted by atomic mass is 10.1. The summed E-state index contributed by atoms with van der Waals surface area (Å²) >= 11 is 0. The molecule has 1 aromatic carbocycles. The summed E-state index contributed by atoms with van der Waals surface area (Å²) in [6.45, 7) is 3.72. The van der Waals surface area contributed by atoms with Crippen LogP contribution in [-0.4, -0.2) is 51.5 Å². The molecule has 30 heavy (non-hydrogen) atoms. The van der Waals surface area contributed by atoms with Crippen molar-refractivity contribution in [3.63, 3.8) is 0 Å². The molecule has 0 bridgehead atoms. The van der Waals surface area contributed by atoms with Gasteiger partial charge in [-0.1, -0.05) is 30.3 Å². The zero-order valence-electron chi connectivity index (χ0n) is 16.9. The fourth-order valence-electron chi connectivity index (χ4n) is 4.68. The summed E-state index contributed by atoms with van der Waals surface area (Å²) in [7, 11) is 0. The molecule has 2 aliphatic heterocycles. The number of hydrogen-bond acceptors (Lipinski definition) is 5. The van der Waals surface area contributed by atoms with Gasteiger partial charge in [-0.05, 0) is 24.8 Å². The Morgan fingerprint density at radius 3 is 2.60 bits per heavy atom. The van der Waals surface area contributed by atoms with Crippen LogP contribution in [0.2, 0.25) is 0 Å². The van der Waals surface area contributed by atoms with Crippen molar-refractivity contribution >= 4 is 22.8 Å². The number of hydrogen-bond donors (Lipinski definition) is 0. The second-order valence-electron chi connectivity index (χ2n) is 7.97. The van der Waals surface area contributed by atoms with E-state index >= 15 is 0 Å². The van der Waals surface area contributed by atoms with E-state index in [1.807, 2.05) is 35.2 Å². The maximum absolute atomic E-state index is 12.7. The molecule has 0 N–H and O–H groups in total. The SMILES string of the molecule is N#Cc1c2n(c3c(N4CCN(C(=O)Cc5ccccc5)CC4)ncnc13)CCCC2. The van der Waals surface area contributed by atoms with E-state index in [0.717, 1.165) is 67.0 Å². The van der Waals surface area contributed by atoms with Crippen LogP contribution >= 0.6 is 0 Å². The van der Waals surface area contributed by atoms with Gasteiger partial charge in [-0.25, -0.2) is 9.97 Å². The summed E-state index contributed by atoms with van der Waals surface area (Å²) in [6, 6.07) is 12.3. The van der Waals surface area contributed by atoms with E-state index in [1.165, 1.54) is 0 Å². The topological polar surface area (TPSA) is 78.0 Å². The molecular formula is C23H24N6O. The Kier molecular flexibility index (Phi) is 4.83. The normalized spacial score (nSPS) is 16.4. The van der Waals surface area contributed by atoms with Crippen LogP contribution in [0.25, 0.3) is 11.0 Å². The lowest BCUT2D eigenvalue weighted by Crippen LogP contribution is -2.49. The highest BCUT2D eigenvalue weighted by Crippen LogP contribution is 2.34. The number of carbonyl (C=O) groups excluding carboxylic acids is 1. The van der Waals surface area contributed by atoms with Crippen molar-refractivity contribution in [2.24, 2.45) is 0 Å². The van der Waals surface area contributed by atoms with Crippen LogP contribution in [0.3, 0.4) is 0 Å². The molecule has 0 aliphatic carbocycles. The largest absolute Gasteiger partial charge is 0.351 e. The number of benzene rings is 1. The maximum atomic E-state index is 12.7. The number of aryl methyl sites for hydroxylation is 1. The molecule has 1 saturated heterocycles. The molecule has 152 valence electrons. The van der Waals surface area contributed by atoms with E-state index < -0.39 is 0 Å². The predicted octanol–water partition coefficient (Wildman–Crippen LogP) is 2.53. The van der Waals surface area contributed by atoms with Crippen LogP contribution in [0.5, 0.6) is 0 Å². The predicted molar refractivity (Wildman–Crippen MR) is 114 cm³/mol. The molecular weight excluding hydrogens is 376 g/mol. The van der Waals surface area contributed by atoms with Gasteiger partial charge in [0.2, 0.25) is 5.91 Å². The molecule has 5 rings (SSSR count). The van der Waals surface area contributed by atoms with E-state index in [-0.39, 0.29) is 5.91 Å². The highest BCUT2D eigenvalue weighted by molar-refractivity contribution is 5.92. The summed E-state index contributed by atoms with van der Waals surface area (Å²) in [5, 5.41) is 9.72. The molecule has 1 amide bonds. The minimum atomic E-state index is 0.167. The smallest absolute Gasteiger partial charge is 0.227 e. The minimum Gasteiger partial charge on any atom is -0.351 e. The van der Waals surface area contributed by atoms with E-state index in [9.17, 15) is 10.1 Å². The second kappa shape index (κ2) is 7.79. The third kappa shape index (κ3) is 3.18. The summed E-state index contributed by atoms with van der Waals surface area (Å²) in [4.78, 5) is 25.9. The summed E-state index contributed by atoms with van der Waals surface area (Å²) in [6.07, 6.45) is 5.14. The van der Waals surface area contributed by atoms with Gasteiger partial charge >= 0.3 is 0 Å². The van der Waals surface area contributed by atoms with E-state index in [2.05, 4.69) is 25.5 Å². The quantitative estimate of drug-likeness (QED) is 0.675. The lowest BCUT2D eigenvalue weighted by molar-refractivity contribution is -0.130. The van der Waals surface area contributed by atoms with Crippen LogP contribution in [0.4, 0.5) is 5.82 Å². The van der Waals surface area contributed by atoms with Gasteiger partial charge in [0.15, 0.2) is 5.82 Å². The number of amides is 1. The highest BCUT2D eigenvalue weighted by atomic mass is 16.2. The monoisotopic (exact) mass is 400 g/mol. The molecule has 0 radical (unpaired) electrons. The first kappa shape index (κ1) is 18.6. The molecule has 2 aliphatic rings. The van der Waals surface area contributed by atoms with Gasteiger partial charge in [-0.2, -0.15) is 5.26 Å². The summed E-state index contributed by atoms with van der Waals surface area (Å²) < 4.78 is 2.25. The molecule has 7 nitrogen and oxygen atoms in total. The number of aromatic nitrogens is 3. The van der Waals surface area contributed by atoms with Crippen molar-refractivity contribution < 1.29 is 4.79 Å². The molecule has 3 aromatic rings. The van der Waals surface area contributed by atoms with Crippen molar-refractivity contribution in [1.82, 2.24) is 19.4 Å². The number of carbonyl (C=O) groups is 1. The molecule has 4 heterocycles. The Balaban J connectivity index is 1.37. The molecule has 0 unspecified atom stereocenters. The zero-order chi connectivity index (χ0) is 20.5. The number of nitriles is 1. The Bertz CT molecular complexity index is 1120. The molecule has 0 atom stereocenters. The van der Waals surface area contributed by atoms with Crippen LogP contribution in [0, 0.1) is 11.3 Å². The third-order valence-corrected chi connectivity index (χ3v) is 6.21. The van der Waals surface area contributed by atoms with Gasteiger partial charge in [0.05, 0.1) is 12.0 Å². The van der Waals surface area contributed by atoms with Crippen molar-refractivity contribution in [1.29, 1.82) is 5.26 Å². The fourth-order valence-corrected chi connectivity index (χ4v) is 4.68. The van der Waals surface area contributed by atoms with Crippen molar-refractivity contribution in [3.8, 4) is 6.07 Å². The highest BCUT2D eigenvalue weighted by Gasteiger charge is 2.28. The summed E-state index contributed by atoms with van der Waals surface area (Å²) in [5.41, 5.74) is 4.59. The van der Waals surface area contributed by atoms with Gasteiger partial charge in [-0.15, -0.1) is 0 Å². The van der Waals surface area contributed by atoms with Gasteiger partial charge in [-0.3, -0.25) is 4.79 Å². The molecule has 1 fully saturated rings. The van der Waals surface area contributed by atoms with Crippen molar-refractivity contribution in [2.75, 3.05) is 31.1 Å². The molecule has 0 saturated carbocycles. The minimum absolute atomic E-state index is 0.167. The van der Waals surface area contributed by atoms with Crippen LogP contribution in [0.1, 0.15) is 29.7 Å². The maximum Gasteiger partial charge on any atom is 0.227 e. The first-order valence-electron chi connectivity index (χ1n) is 10.6. The second-order valence-corrected chi connectivity index (χ2v) is 7.97. The average Bonchev–Trinajstić information content (AvgIpc) is 3.13. The zero-order valence-corrected chi connectivity index (χ0v) is 16.9. The van der Waals surface area contributed by atoms with E-state index in [0.29, 0.717) is 25.1 Å². The van der Waals surface area contributed by atoms with Crippen LogP contribution < -0.4 is 4.90 Å². The first-order valence-corrected chi connectivity index (χ1v) is 10.6.